The molecular formula is C15H22F2N2O2. The molecule has 0 aliphatic rings. The van der Waals surface area contributed by atoms with Gasteiger partial charge in [-0.3, -0.25) is 4.79 Å². The van der Waals surface area contributed by atoms with Crippen molar-refractivity contribution < 1.29 is 18.3 Å². The van der Waals surface area contributed by atoms with E-state index in [4.69, 9.17) is 5.73 Å². The van der Waals surface area contributed by atoms with Crippen LogP contribution in [0.25, 0.3) is 0 Å². The van der Waals surface area contributed by atoms with Crippen molar-refractivity contribution in [2.45, 2.75) is 45.4 Å². The first-order valence-corrected chi connectivity index (χ1v) is 6.84. The largest absolute Gasteiger partial charge is 0.435 e. The summed E-state index contributed by atoms with van der Waals surface area (Å²) >= 11 is 0. The van der Waals surface area contributed by atoms with Gasteiger partial charge in [-0.25, -0.2) is 0 Å². The van der Waals surface area contributed by atoms with Gasteiger partial charge in [-0.05, 0) is 31.0 Å². The average Bonchev–Trinajstić information content (AvgIpc) is 2.39. The number of carbonyl (C=O) groups excluding carboxylic acids is 1. The molecule has 0 spiro atoms. The van der Waals surface area contributed by atoms with Crippen LogP contribution in [0.1, 0.15) is 32.3 Å². The van der Waals surface area contributed by atoms with Crippen LogP contribution in [0, 0.1) is 0 Å². The number of carbonyl (C=O) groups is 1. The van der Waals surface area contributed by atoms with Crippen LogP contribution < -0.4 is 10.5 Å². The molecule has 0 heterocycles. The Labute approximate surface area is 123 Å². The van der Waals surface area contributed by atoms with Crippen LogP contribution in [0.2, 0.25) is 0 Å². The predicted octanol–water partition coefficient (Wildman–Crippen LogP) is 2.76. The number of nitrogens with zero attached hydrogens (tertiary/aromatic N) is 1. The lowest BCUT2D eigenvalue weighted by Gasteiger charge is -2.29. The van der Waals surface area contributed by atoms with Gasteiger partial charge in [0.15, 0.2) is 0 Å². The Hall–Kier alpha value is -1.69. The Bertz CT molecular complexity index is 461. The summed E-state index contributed by atoms with van der Waals surface area (Å²) in [6.45, 7) is 1.21. The first-order chi connectivity index (χ1) is 9.76. The first kappa shape index (κ1) is 17.4. The second-order valence-electron chi connectivity index (χ2n) is 5.35. The van der Waals surface area contributed by atoms with Crippen molar-refractivity contribution in [2.24, 2.45) is 5.73 Å². The number of hydrogen-bond acceptors (Lipinski definition) is 3. The van der Waals surface area contributed by atoms with Gasteiger partial charge in [0.05, 0.1) is 5.54 Å². The maximum Gasteiger partial charge on any atom is 0.387 e. The Balaban J connectivity index is 2.66. The summed E-state index contributed by atoms with van der Waals surface area (Å²) in [5, 5.41) is 0. The summed E-state index contributed by atoms with van der Waals surface area (Å²) in [6.07, 6.45) is 1.43. The molecule has 21 heavy (non-hydrogen) atoms. The molecule has 0 radical (unpaired) electrons. The van der Waals surface area contributed by atoms with E-state index in [0.29, 0.717) is 13.0 Å². The highest BCUT2D eigenvalue weighted by atomic mass is 19.3. The highest BCUT2D eigenvalue weighted by Gasteiger charge is 2.29. The van der Waals surface area contributed by atoms with E-state index in [9.17, 15) is 13.6 Å². The van der Waals surface area contributed by atoms with Crippen molar-refractivity contribution in [3.8, 4) is 5.75 Å². The standard InChI is InChI=1S/C15H22F2N2O2/c1-4-9-15(2,18)13(20)19(3)10-11-5-7-12(8-6-11)21-14(16)17/h5-8,14H,4,9-10,18H2,1-3H3. The van der Waals surface area contributed by atoms with Gasteiger partial charge in [0.2, 0.25) is 5.91 Å². The molecule has 1 aromatic carbocycles. The van der Waals surface area contributed by atoms with E-state index in [1.165, 1.54) is 12.1 Å². The molecule has 4 nitrogen and oxygen atoms in total. The van der Waals surface area contributed by atoms with E-state index < -0.39 is 12.2 Å². The lowest BCUT2D eigenvalue weighted by Crippen LogP contribution is -2.51. The summed E-state index contributed by atoms with van der Waals surface area (Å²) < 4.78 is 28.4. The second kappa shape index (κ2) is 7.36. The molecule has 118 valence electrons. The zero-order valence-electron chi connectivity index (χ0n) is 12.6. The Kier molecular flexibility index (Phi) is 6.08. The third-order valence-electron chi connectivity index (χ3n) is 3.17. The maximum atomic E-state index is 12.2. The van der Waals surface area contributed by atoms with Crippen LogP contribution in [-0.4, -0.2) is 30.0 Å². The molecule has 2 N–H and O–H groups in total. The van der Waals surface area contributed by atoms with E-state index in [2.05, 4.69) is 4.74 Å². The number of ether oxygens (including phenoxy) is 1. The summed E-state index contributed by atoms with van der Waals surface area (Å²) in [5.74, 6) is -0.0466. The molecule has 1 aromatic rings. The Morgan fingerprint density at radius 3 is 2.43 bits per heavy atom. The third-order valence-corrected chi connectivity index (χ3v) is 3.17. The van der Waals surface area contributed by atoms with Crippen molar-refractivity contribution in [3.63, 3.8) is 0 Å². The molecule has 0 bridgehead atoms. The van der Waals surface area contributed by atoms with Crippen molar-refractivity contribution in [1.82, 2.24) is 4.90 Å². The zero-order valence-corrected chi connectivity index (χ0v) is 12.6. The molecule has 1 atom stereocenters. The number of amides is 1. The van der Waals surface area contributed by atoms with Gasteiger partial charge in [0.1, 0.15) is 5.75 Å². The van der Waals surface area contributed by atoms with Gasteiger partial charge in [0, 0.05) is 13.6 Å². The number of benzene rings is 1. The average molecular weight is 300 g/mol. The van der Waals surface area contributed by atoms with Crippen LogP contribution >= 0.6 is 0 Å². The van der Waals surface area contributed by atoms with Crippen LogP contribution in [0.15, 0.2) is 24.3 Å². The highest BCUT2D eigenvalue weighted by molar-refractivity contribution is 5.85. The topological polar surface area (TPSA) is 55.6 Å². The normalized spacial score (nSPS) is 13.9. The van der Waals surface area contributed by atoms with E-state index in [1.807, 2.05) is 6.92 Å². The molecule has 1 unspecified atom stereocenters. The van der Waals surface area contributed by atoms with Gasteiger partial charge in [-0.15, -0.1) is 0 Å². The zero-order chi connectivity index (χ0) is 16.0. The highest BCUT2D eigenvalue weighted by Crippen LogP contribution is 2.17. The minimum atomic E-state index is -2.84. The first-order valence-electron chi connectivity index (χ1n) is 6.84. The number of likely N-dealkylation sites (N-methyl/N-ethyl adjacent to an activating group) is 1. The van der Waals surface area contributed by atoms with E-state index in [-0.39, 0.29) is 11.7 Å². The van der Waals surface area contributed by atoms with E-state index >= 15 is 0 Å². The lowest BCUT2D eigenvalue weighted by molar-refractivity contribution is -0.135. The minimum Gasteiger partial charge on any atom is -0.435 e. The van der Waals surface area contributed by atoms with Crippen molar-refractivity contribution in [3.05, 3.63) is 29.8 Å². The van der Waals surface area contributed by atoms with Gasteiger partial charge < -0.3 is 15.4 Å². The van der Waals surface area contributed by atoms with E-state index in [0.717, 1.165) is 12.0 Å². The number of halogens is 2. The summed E-state index contributed by atoms with van der Waals surface area (Å²) in [6, 6.07) is 6.20. The molecular weight excluding hydrogens is 278 g/mol. The number of nitrogens with two attached hydrogens (primary N) is 1. The number of alkyl halides is 2. The minimum absolute atomic E-state index is 0.0948. The van der Waals surface area contributed by atoms with Crippen molar-refractivity contribution >= 4 is 5.91 Å². The smallest absolute Gasteiger partial charge is 0.387 e. The third kappa shape index (κ3) is 5.30. The van der Waals surface area contributed by atoms with Crippen molar-refractivity contribution in [2.75, 3.05) is 7.05 Å². The number of hydrogen-bond donors (Lipinski definition) is 1. The van der Waals surface area contributed by atoms with Crippen LogP contribution in [-0.2, 0) is 11.3 Å². The molecule has 0 saturated carbocycles. The fourth-order valence-corrected chi connectivity index (χ4v) is 2.18. The molecule has 0 fully saturated rings. The molecule has 0 aromatic heterocycles. The molecule has 0 saturated heterocycles. The SMILES string of the molecule is CCCC(C)(N)C(=O)N(C)Cc1ccc(OC(F)F)cc1. The fourth-order valence-electron chi connectivity index (χ4n) is 2.18. The lowest BCUT2D eigenvalue weighted by atomic mass is 9.96. The van der Waals surface area contributed by atoms with Crippen LogP contribution in [0.4, 0.5) is 8.78 Å². The van der Waals surface area contributed by atoms with Gasteiger partial charge in [-0.2, -0.15) is 8.78 Å². The van der Waals surface area contributed by atoms with Gasteiger partial charge in [0.25, 0.3) is 0 Å². The monoisotopic (exact) mass is 300 g/mol. The van der Waals surface area contributed by atoms with Crippen LogP contribution in [0.5, 0.6) is 5.75 Å². The predicted molar refractivity (Wildman–Crippen MR) is 77.0 cm³/mol. The molecule has 6 heteroatoms. The quantitative estimate of drug-likeness (QED) is 0.842. The Morgan fingerprint density at radius 2 is 1.95 bits per heavy atom. The molecule has 0 aliphatic carbocycles. The van der Waals surface area contributed by atoms with Gasteiger partial charge >= 0.3 is 6.61 Å². The van der Waals surface area contributed by atoms with Crippen LogP contribution in [0.3, 0.4) is 0 Å². The fraction of sp³-hybridized carbons (Fsp3) is 0.533. The second-order valence-corrected chi connectivity index (χ2v) is 5.35. The number of rotatable bonds is 7. The van der Waals surface area contributed by atoms with E-state index in [1.54, 1.807) is 31.0 Å². The van der Waals surface area contributed by atoms with Crippen molar-refractivity contribution in [1.29, 1.82) is 0 Å². The van der Waals surface area contributed by atoms with Gasteiger partial charge in [-0.1, -0.05) is 25.5 Å². The summed E-state index contributed by atoms with van der Waals surface area (Å²) in [4.78, 5) is 13.8. The Morgan fingerprint density at radius 1 is 1.38 bits per heavy atom. The summed E-state index contributed by atoms with van der Waals surface area (Å²) in [7, 11) is 1.67. The molecule has 0 aliphatic heterocycles. The summed E-state index contributed by atoms with van der Waals surface area (Å²) in [5.41, 5.74) is 5.94. The maximum absolute atomic E-state index is 12.2. The molecule has 1 rings (SSSR count). The molecule has 1 amide bonds.